The Balaban J connectivity index is 2.00. The second-order valence-corrected chi connectivity index (χ2v) is 5.14. The molecule has 4 N–H and O–H groups in total. The molecule has 1 aromatic carbocycles. The van der Waals surface area contributed by atoms with E-state index in [2.05, 4.69) is 22.4 Å². The van der Waals surface area contributed by atoms with E-state index < -0.39 is 0 Å². The van der Waals surface area contributed by atoms with Gasteiger partial charge in [0.05, 0.1) is 11.4 Å². The quantitative estimate of drug-likeness (QED) is 0.737. The van der Waals surface area contributed by atoms with Crippen molar-refractivity contribution in [3.8, 4) is 0 Å². The SMILES string of the molecule is C=C(NNC(=O)c1sc(N)nc1CC)c1ccccc1. The van der Waals surface area contributed by atoms with Crippen LogP contribution < -0.4 is 16.6 Å². The number of hydrazine groups is 1. The molecule has 0 unspecified atom stereocenters. The molecule has 0 radical (unpaired) electrons. The van der Waals surface area contributed by atoms with Gasteiger partial charge in [-0.3, -0.25) is 15.6 Å². The van der Waals surface area contributed by atoms with E-state index in [4.69, 9.17) is 5.73 Å². The van der Waals surface area contributed by atoms with E-state index in [0.29, 0.717) is 27.8 Å². The van der Waals surface area contributed by atoms with Gasteiger partial charge in [0.25, 0.3) is 5.91 Å². The monoisotopic (exact) mass is 288 g/mol. The highest BCUT2D eigenvalue weighted by Crippen LogP contribution is 2.20. The lowest BCUT2D eigenvalue weighted by molar-refractivity contribution is 0.0945. The van der Waals surface area contributed by atoms with Crippen molar-refractivity contribution in [2.24, 2.45) is 0 Å². The molecule has 0 fully saturated rings. The summed E-state index contributed by atoms with van der Waals surface area (Å²) in [6.07, 6.45) is 0.663. The van der Waals surface area contributed by atoms with Crippen LogP contribution in [0.4, 0.5) is 5.13 Å². The van der Waals surface area contributed by atoms with Crippen LogP contribution in [0.3, 0.4) is 0 Å². The molecule has 104 valence electrons. The molecule has 6 heteroatoms. The number of anilines is 1. The smallest absolute Gasteiger partial charge is 0.281 e. The fraction of sp³-hybridized carbons (Fsp3) is 0.143. The highest BCUT2D eigenvalue weighted by molar-refractivity contribution is 7.17. The van der Waals surface area contributed by atoms with Gasteiger partial charge in [-0.15, -0.1) is 0 Å². The summed E-state index contributed by atoms with van der Waals surface area (Å²) < 4.78 is 0. The van der Waals surface area contributed by atoms with E-state index in [1.165, 1.54) is 11.3 Å². The predicted molar refractivity (Wildman–Crippen MR) is 82.0 cm³/mol. The average Bonchev–Trinajstić information content (AvgIpc) is 2.86. The normalized spacial score (nSPS) is 10.1. The van der Waals surface area contributed by atoms with Crippen LogP contribution in [0.25, 0.3) is 5.70 Å². The van der Waals surface area contributed by atoms with Crippen molar-refractivity contribution in [2.75, 3.05) is 5.73 Å². The number of nitrogens with two attached hydrogens (primary N) is 1. The molecule has 0 aliphatic heterocycles. The van der Waals surface area contributed by atoms with Crippen molar-refractivity contribution >= 4 is 28.1 Å². The third-order valence-corrected chi connectivity index (χ3v) is 3.63. The first-order chi connectivity index (χ1) is 9.61. The number of carbonyl (C=O) groups is 1. The first-order valence-corrected chi connectivity index (χ1v) is 6.99. The molecule has 0 saturated carbocycles. The van der Waals surface area contributed by atoms with Gasteiger partial charge in [0.15, 0.2) is 5.13 Å². The number of amides is 1. The first kappa shape index (κ1) is 14.1. The van der Waals surface area contributed by atoms with Crippen LogP contribution in [0.5, 0.6) is 0 Å². The molecule has 2 aromatic rings. The summed E-state index contributed by atoms with van der Waals surface area (Å²) in [5, 5.41) is 0.397. The standard InChI is InChI=1S/C14H16N4OS/c1-3-11-12(20-14(15)16-11)13(19)18-17-9(2)10-7-5-4-6-8-10/h4-8,17H,2-3H2,1H3,(H2,15,16)(H,18,19). The van der Waals surface area contributed by atoms with Crippen molar-refractivity contribution in [3.63, 3.8) is 0 Å². The molecule has 1 amide bonds. The van der Waals surface area contributed by atoms with E-state index in [9.17, 15) is 4.79 Å². The van der Waals surface area contributed by atoms with Crippen LogP contribution in [-0.2, 0) is 6.42 Å². The number of hydrogen-bond acceptors (Lipinski definition) is 5. The summed E-state index contributed by atoms with van der Waals surface area (Å²) in [5.41, 5.74) is 13.3. The Hall–Kier alpha value is -2.34. The number of nitrogens with one attached hydrogen (secondary N) is 2. The minimum absolute atomic E-state index is 0.256. The Labute approximate surface area is 121 Å². The summed E-state index contributed by atoms with van der Waals surface area (Å²) in [6.45, 7) is 5.81. The van der Waals surface area contributed by atoms with E-state index in [1.807, 2.05) is 37.3 Å². The Morgan fingerprint density at radius 1 is 1.35 bits per heavy atom. The number of carbonyl (C=O) groups excluding carboxylic acids is 1. The van der Waals surface area contributed by atoms with Gasteiger partial charge in [-0.2, -0.15) is 0 Å². The lowest BCUT2D eigenvalue weighted by Gasteiger charge is -2.10. The molecular formula is C14H16N4OS. The fourth-order valence-corrected chi connectivity index (χ4v) is 2.50. The zero-order chi connectivity index (χ0) is 14.5. The highest BCUT2D eigenvalue weighted by atomic mass is 32.1. The van der Waals surface area contributed by atoms with Crippen LogP contribution in [0, 0.1) is 0 Å². The summed E-state index contributed by atoms with van der Waals surface area (Å²) in [7, 11) is 0. The third kappa shape index (κ3) is 3.16. The van der Waals surface area contributed by atoms with Gasteiger partial charge in [0, 0.05) is 0 Å². The van der Waals surface area contributed by atoms with Crippen LogP contribution >= 0.6 is 11.3 Å². The molecule has 1 heterocycles. The maximum absolute atomic E-state index is 12.1. The molecule has 0 atom stereocenters. The van der Waals surface area contributed by atoms with E-state index >= 15 is 0 Å². The average molecular weight is 288 g/mol. The van der Waals surface area contributed by atoms with Gasteiger partial charge in [0.1, 0.15) is 4.88 Å². The first-order valence-electron chi connectivity index (χ1n) is 6.17. The summed E-state index contributed by atoms with van der Waals surface area (Å²) in [6, 6.07) is 9.54. The minimum Gasteiger partial charge on any atom is -0.375 e. The van der Waals surface area contributed by atoms with Crippen molar-refractivity contribution in [2.45, 2.75) is 13.3 Å². The lowest BCUT2D eigenvalue weighted by atomic mass is 10.2. The molecule has 0 spiro atoms. The summed E-state index contributed by atoms with van der Waals surface area (Å²) in [4.78, 5) is 16.7. The van der Waals surface area contributed by atoms with Crippen molar-refractivity contribution in [3.05, 3.63) is 53.0 Å². The second-order valence-electron chi connectivity index (χ2n) is 4.11. The number of thiazole rings is 1. The van der Waals surface area contributed by atoms with Crippen molar-refractivity contribution in [1.82, 2.24) is 15.8 Å². The minimum atomic E-state index is -0.256. The molecule has 5 nitrogen and oxygen atoms in total. The van der Waals surface area contributed by atoms with Gasteiger partial charge >= 0.3 is 0 Å². The number of benzene rings is 1. The maximum Gasteiger partial charge on any atom is 0.281 e. The zero-order valence-electron chi connectivity index (χ0n) is 11.1. The van der Waals surface area contributed by atoms with Crippen LogP contribution in [-0.4, -0.2) is 10.9 Å². The molecule has 1 aromatic heterocycles. The fourth-order valence-electron chi connectivity index (χ4n) is 1.69. The molecule has 0 aliphatic rings. The zero-order valence-corrected chi connectivity index (χ0v) is 12.0. The Morgan fingerprint density at radius 3 is 2.70 bits per heavy atom. The molecule has 20 heavy (non-hydrogen) atoms. The summed E-state index contributed by atoms with van der Waals surface area (Å²) in [5.74, 6) is -0.256. The number of aryl methyl sites for hydroxylation is 1. The highest BCUT2D eigenvalue weighted by Gasteiger charge is 2.15. The number of rotatable bonds is 5. The second kappa shape index (κ2) is 6.21. The van der Waals surface area contributed by atoms with Gasteiger partial charge in [0.2, 0.25) is 0 Å². The predicted octanol–water partition coefficient (Wildman–Crippen LogP) is 2.19. The molecule has 0 saturated heterocycles. The van der Waals surface area contributed by atoms with E-state index in [-0.39, 0.29) is 5.91 Å². The van der Waals surface area contributed by atoms with Crippen LogP contribution in [0.1, 0.15) is 27.9 Å². The van der Waals surface area contributed by atoms with Crippen molar-refractivity contribution in [1.29, 1.82) is 0 Å². The number of nitrogen functional groups attached to an aromatic ring is 1. The van der Waals surface area contributed by atoms with E-state index in [0.717, 1.165) is 5.56 Å². The van der Waals surface area contributed by atoms with Gasteiger partial charge in [-0.1, -0.05) is 55.2 Å². The largest absolute Gasteiger partial charge is 0.375 e. The van der Waals surface area contributed by atoms with Crippen LogP contribution in [0.2, 0.25) is 0 Å². The van der Waals surface area contributed by atoms with Crippen LogP contribution in [0.15, 0.2) is 36.9 Å². The maximum atomic E-state index is 12.1. The Morgan fingerprint density at radius 2 is 2.05 bits per heavy atom. The summed E-state index contributed by atoms with van der Waals surface area (Å²) >= 11 is 1.18. The Kier molecular flexibility index (Phi) is 4.37. The number of nitrogens with zero attached hydrogens (tertiary/aromatic N) is 1. The third-order valence-electron chi connectivity index (χ3n) is 2.70. The molecular weight excluding hydrogens is 272 g/mol. The van der Waals surface area contributed by atoms with Gasteiger partial charge < -0.3 is 5.73 Å². The number of aromatic nitrogens is 1. The van der Waals surface area contributed by atoms with Gasteiger partial charge in [-0.25, -0.2) is 4.98 Å². The number of hydrogen-bond donors (Lipinski definition) is 3. The van der Waals surface area contributed by atoms with Crippen molar-refractivity contribution < 1.29 is 4.79 Å². The lowest BCUT2D eigenvalue weighted by Crippen LogP contribution is -2.35. The van der Waals surface area contributed by atoms with Gasteiger partial charge in [-0.05, 0) is 12.0 Å². The molecule has 0 aliphatic carbocycles. The molecule has 0 bridgehead atoms. The topological polar surface area (TPSA) is 80.0 Å². The van der Waals surface area contributed by atoms with E-state index in [1.54, 1.807) is 0 Å². The molecule has 2 rings (SSSR count). The Bertz CT molecular complexity index is 621.